The Morgan fingerprint density at radius 3 is 2.16 bits per heavy atom. The van der Waals surface area contributed by atoms with Crippen LogP contribution in [0.4, 0.5) is 16.2 Å². The number of primary sulfonamides is 1. The molecule has 0 radical (unpaired) electrons. The van der Waals surface area contributed by atoms with Crippen LogP contribution < -0.4 is 20.7 Å². The van der Waals surface area contributed by atoms with E-state index in [9.17, 15) is 13.2 Å². The Kier molecular flexibility index (Phi) is 6.00. The smallest absolute Gasteiger partial charge is 0.319 e. The zero-order valence-corrected chi connectivity index (χ0v) is 15.0. The molecule has 0 aliphatic rings. The zero-order valence-electron chi connectivity index (χ0n) is 14.2. The van der Waals surface area contributed by atoms with Crippen LogP contribution in [0.1, 0.15) is 5.56 Å². The van der Waals surface area contributed by atoms with Crippen molar-refractivity contribution in [2.45, 2.75) is 11.3 Å². The molecular formula is C17H22N4O3S. The SMILES string of the molecule is CN(C)c1ccc(NC(=O)NCCc2ccc(S(N)(=O)=O)cc2)cc1. The number of rotatable bonds is 6. The minimum Gasteiger partial charge on any atom is -0.378 e. The maximum Gasteiger partial charge on any atom is 0.319 e. The van der Waals surface area contributed by atoms with E-state index in [1.54, 1.807) is 12.1 Å². The molecule has 2 aromatic rings. The van der Waals surface area contributed by atoms with Crippen LogP contribution in [0.5, 0.6) is 0 Å². The Balaban J connectivity index is 1.80. The number of carbonyl (C=O) groups is 1. The van der Waals surface area contributed by atoms with E-state index in [0.29, 0.717) is 18.7 Å². The van der Waals surface area contributed by atoms with Crippen molar-refractivity contribution >= 4 is 27.4 Å². The van der Waals surface area contributed by atoms with E-state index in [-0.39, 0.29) is 10.9 Å². The second kappa shape index (κ2) is 8.00. The number of benzene rings is 2. The topological polar surface area (TPSA) is 105 Å². The standard InChI is InChI=1S/C17H22N4O3S/c1-21(2)15-7-5-14(6-8-15)20-17(22)19-12-11-13-3-9-16(10-4-13)25(18,23)24/h3-10H,11-12H2,1-2H3,(H2,18,23,24)(H2,19,20,22). The third-order valence-corrected chi connectivity index (χ3v) is 4.52. The summed E-state index contributed by atoms with van der Waals surface area (Å²) in [5, 5.41) is 10.6. The first-order chi connectivity index (χ1) is 11.8. The van der Waals surface area contributed by atoms with Gasteiger partial charge in [0.2, 0.25) is 10.0 Å². The Hall–Kier alpha value is -2.58. The molecule has 0 saturated heterocycles. The highest BCUT2D eigenvalue weighted by Crippen LogP contribution is 2.15. The Morgan fingerprint density at radius 1 is 1.04 bits per heavy atom. The minimum atomic E-state index is -3.68. The maximum absolute atomic E-state index is 11.9. The highest BCUT2D eigenvalue weighted by Gasteiger charge is 2.07. The van der Waals surface area contributed by atoms with Crippen molar-refractivity contribution in [3.8, 4) is 0 Å². The summed E-state index contributed by atoms with van der Waals surface area (Å²) < 4.78 is 22.4. The van der Waals surface area contributed by atoms with Crippen LogP contribution in [0, 0.1) is 0 Å². The molecule has 2 rings (SSSR count). The first-order valence-electron chi connectivity index (χ1n) is 7.70. The van der Waals surface area contributed by atoms with Gasteiger partial charge in [0.05, 0.1) is 4.90 Å². The van der Waals surface area contributed by atoms with Crippen LogP contribution in [-0.2, 0) is 16.4 Å². The van der Waals surface area contributed by atoms with Gasteiger partial charge in [-0.15, -0.1) is 0 Å². The molecule has 4 N–H and O–H groups in total. The number of urea groups is 1. The van der Waals surface area contributed by atoms with Crippen LogP contribution >= 0.6 is 0 Å². The molecule has 0 aromatic heterocycles. The summed E-state index contributed by atoms with van der Waals surface area (Å²) in [5.41, 5.74) is 2.66. The lowest BCUT2D eigenvalue weighted by Gasteiger charge is -2.13. The molecule has 0 saturated carbocycles. The van der Waals surface area contributed by atoms with Crippen molar-refractivity contribution in [3.05, 3.63) is 54.1 Å². The fourth-order valence-corrected chi connectivity index (χ4v) is 2.70. The largest absolute Gasteiger partial charge is 0.378 e. The van der Waals surface area contributed by atoms with Gasteiger partial charge < -0.3 is 15.5 Å². The maximum atomic E-state index is 11.9. The molecule has 0 unspecified atom stereocenters. The number of hydrogen-bond acceptors (Lipinski definition) is 4. The van der Waals surface area contributed by atoms with Gasteiger partial charge in [-0.2, -0.15) is 0 Å². The summed E-state index contributed by atoms with van der Waals surface area (Å²) in [6.07, 6.45) is 0.581. The lowest BCUT2D eigenvalue weighted by atomic mass is 10.1. The fraction of sp³-hybridized carbons (Fsp3) is 0.235. The Labute approximate surface area is 147 Å². The van der Waals surface area contributed by atoms with Gasteiger partial charge in [-0.25, -0.2) is 18.4 Å². The van der Waals surface area contributed by atoms with Gasteiger partial charge in [-0.05, 0) is 48.4 Å². The van der Waals surface area contributed by atoms with E-state index < -0.39 is 10.0 Å². The van der Waals surface area contributed by atoms with Crippen molar-refractivity contribution in [3.63, 3.8) is 0 Å². The van der Waals surface area contributed by atoms with Gasteiger partial charge in [-0.3, -0.25) is 0 Å². The van der Waals surface area contributed by atoms with Crippen LogP contribution in [0.3, 0.4) is 0 Å². The molecule has 2 amide bonds. The molecule has 0 aliphatic carbocycles. The lowest BCUT2D eigenvalue weighted by Crippen LogP contribution is -2.30. The lowest BCUT2D eigenvalue weighted by molar-refractivity contribution is 0.252. The van der Waals surface area contributed by atoms with Crippen LogP contribution in [0.15, 0.2) is 53.4 Å². The van der Waals surface area contributed by atoms with Crippen molar-refractivity contribution in [2.24, 2.45) is 5.14 Å². The average molecular weight is 362 g/mol. The number of amides is 2. The first kappa shape index (κ1) is 18.8. The fourth-order valence-electron chi connectivity index (χ4n) is 2.18. The van der Waals surface area contributed by atoms with Gasteiger partial charge in [-0.1, -0.05) is 12.1 Å². The number of hydrogen-bond donors (Lipinski definition) is 3. The third-order valence-electron chi connectivity index (χ3n) is 3.59. The molecule has 0 spiro atoms. The normalized spacial score (nSPS) is 11.0. The highest BCUT2D eigenvalue weighted by atomic mass is 32.2. The van der Waals surface area contributed by atoms with E-state index >= 15 is 0 Å². The monoisotopic (exact) mass is 362 g/mol. The number of nitrogens with two attached hydrogens (primary N) is 1. The van der Waals surface area contributed by atoms with E-state index in [4.69, 9.17) is 5.14 Å². The molecule has 0 fully saturated rings. The van der Waals surface area contributed by atoms with Crippen molar-refractivity contribution < 1.29 is 13.2 Å². The van der Waals surface area contributed by atoms with Gasteiger partial charge in [0, 0.05) is 32.0 Å². The summed E-state index contributed by atoms with van der Waals surface area (Å²) >= 11 is 0. The summed E-state index contributed by atoms with van der Waals surface area (Å²) in [6.45, 7) is 0.427. The molecule has 0 heterocycles. The summed E-state index contributed by atoms with van der Waals surface area (Å²) in [7, 11) is 0.219. The van der Waals surface area contributed by atoms with Crippen molar-refractivity contribution in [1.29, 1.82) is 0 Å². The van der Waals surface area contributed by atoms with Gasteiger partial charge in [0.25, 0.3) is 0 Å². The van der Waals surface area contributed by atoms with E-state index in [0.717, 1.165) is 11.3 Å². The molecule has 0 aliphatic heterocycles. The second-order valence-corrected chi connectivity index (χ2v) is 7.32. The summed E-state index contributed by atoms with van der Waals surface area (Å²) in [6, 6.07) is 13.5. The van der Waals surface area contributed by atoms with E-state index in [1.807, 2.05) is 43.3 Å². The molecular weight excluding hydrogens is 340 g/mol. The van der Waals surface area contributed by atoms with Crippen molar-refractivity contribution in [2.75, 3.05) is 30.9 Å². The first-order valence-corrected chi connectivity index (χ1v) is 9.24. The molecule has 25 heavy (non-hydrogen) atoms. The zero-order chi connectivity index (χ0) is 18.4. The number of nitrogens with zero attached hydrogens (tertiary/aromatic N) is 1. The van der Waals surface area contributed by atoms with Gasteiger partial charge in [0.15, 0.2) is 0 Å². The van der Waals surface area contributed by atoms with Crippen molar-refractivity contribution in [1.82, 2.24) is 5.32 Å². The van der Waals surface area contributed by atoms with Crippen LogP contribution in [0.25, 0.3) is 0 Å². The number of nitrogens with one attached hydrogen (secondary N) is 2. The van der Waals surface area contributed by atoms with Crippen LogP contribution in [0.2, 0.25) is 0 Å². The average Bonchev–Trinajstić information content (AvgIpc) is 2.55. The molecule has 0 bridgehead atoms. The predicted molar refractivity (Wildman–Crippen MR) is 99.3 cm³/mol. The number of anilines is 2. The Morgan fingerprint density at radius 2 is 1.64 bits per heavy atom. The highest BCUT2D eigenvalue weighted by molar-refractivity contribution is 7.89. The molecule has 7 nitrogen and oxygen atoms in total. The van der Waals surface area contributed by atoms with E-state index in [2.05, 4.69) is 10.6 Å². The quantitative estimate of drug-likeness (QED) is 0.728. The minimum absolute atomic E-state index is 0.0723. The Bertz CT molecular complexity index is 816. The third kappa shape index (κ3) is 5.77. The van der Waals surface area contributed by atoms with Gasteiger partial charge >= 0.3 is 6.03 Å². The van der Waals surface area contributed by atoms with Gasteiger partial charge in [0.1, 0.15) is 0 Å². The van der Waals surface area contributed by atoms with E-state index in [1.165, 1.54) is 12.1 Å². The summed E-state index contributed by atoms with van der Waals surface area (Å²) in [4.78, 5) is 13.9. The molecule has 2 aromatic carbocycles. The number of carbonyl (C=O) groups excluding carboxylic acids is 1. The second-order valence-electron chi connectivity index (χ2n) is 5.76. The summed E-state index contributed by atoms with van der Waals surface area (Å²) in [5.74, 6) is 0. The molecule has 0 atom stereocenters. The molecule has 8 heteroatoms. The predicted octanol–water partition coefficient (Wildman–Crippen LogP) is 1.76. The van der Waals surface area contributed by atoms with Crippen LogP contribution in [-0.4, -0.2) is 35.1 Å². The number of sulfonamides is 1. The molecule has 134 valence electrons.